The van der Waals surface area contributed by atoms with Gasteiger partial charge in [0.1, 0.15) is 0 Å². The van der Waals surface area contributed by atoms with Crippen molar-refractivity contribution < 1.29 is 13.2 Å². The maximum absolute atomic E-state index is 13.1. The summed E-state index contributed by atoms with van der Waals surface area (Å²) >= 11 is 6.57. The maximum atomic E-state index is 13.1. The van der Waals surface area contributed by atoms with E-state index in [1.54, 1.807) is 0 Å². The molecule has 4 aliphatic carbocycles. The molecular weight excluding hydrogens is 397 g/mol. The van der Waals surface area contributed by atoms with E-state index in [0.717, 1.165) is 29.9 Å². The third kappa shape index (κ3) is 3.48. The van der Waals surface area contributed by atoms with E-state index in [9.17, 15) is 13.2 Å². The van der Waals surface area contributed by atoms with Gasteiger partial charge in [-0.05, 0) is 97.6 Å². The average Bonchev–Trinajstić information content (AvgIpc) is 2.61. The van der Waals surface area contributed by atoms with Crippen molar-refractivity contribution in [3.63, 3.8) is 0 Å². The third-order valence-corrected chi connectivity index (χ3v) is 7.49. The number of rotatable bonds is 3. The molecule has 6 heteroatoms. The second-order valence-corrected chi connectivity index (χ2v) is 9.77. The monoisotopic (exact) mass is 420 g/mol. The maximum Gasteiger partial charge on any atom is 0.416 e. The molecule has 0 radical (unpaired) electrons. The topological polar surface area (TPSA) is 38.0 Å². The summed E-state index contributed by atoms with van der Waals surface area (Å²) in [6, 6.07) is 9.50. The summed E-state index contributed by atoms with van der Waals surface area (Å²) in [6.45, 7) is 0. The minimum absolute atomic E-state index is 0.0589. The first-order chi connectivity index (χ1) is 13.7. The van der Waals surface area contributed by atoms with Crippen molar-refractivity contribution in [2.24, 2.45) is 17.8 Å². The van der Waals surface area contributed by atoms with Gasteiger partial charge in [-0.2, -0.15) is 13.2 Å². The highest BCUT2D eigenvalue weighted by molar-refractivity contribution is 6.33. The van der Waals surface area contributed by atoms with E-state index in [0.29, 0.717) is 10.7 Å². The van der Waals surface area contributed by atoms with E-state index in [2.05, 4.69) is 11.4 Å². The van der Waals surface area contributed by atoms with Crippen LogP contribution in [0.1, 0.15) is 49.7 Å². The summed E-state index contributed by atoms with van der Waals surface area (Å²) in [5.41, 5.74) is 7.35. The Morgan fingerprint density at radius 3 is 2.10 bits per heavy atom. The van der Waals surface area contributed by atoms with Crippen LogP contribution in [0.3, 0.4) is 0 Å². The Morgan fingerprint density at radius 2 is 1.55 bits per heavy atom. The van der Waals surface area contributed by atoms with Crippen LogP contribution in [-0.4, -0.2) is 0 Å². The standard InChI is InChI=1S/C23H24ClF3N2/c24-20-8-16(22-10-13-3-14(11-22)5-15(4-13)12-22)1-2-21(20)29-19-7-17(23(25,26)27)6-18(28)9-19/h1-2,6-9,13-15,29H,3-5,10-12,28H2. The van der Waals surface area contributed by atoms with Gasteiger partial charge in [-0.25, -0.2) is 0 Å². The van der Waals surface area contributed by atoms with Crippen LogP contribution in [-0.2, 0) is 11.6 Å². The van der Waals surface area contributed by atoms with Gasteiger partial charge in [0.25, 0.3) is 0 Å². The average molecular weight is 421 g/mol. The first-order valence-electron chi connectivity index (χ1n) is 10.2. The number of alkyl halides is 3. The summed E-state index contributed by atoms with van der Waals surface area (Å²) in [5.74, 6) is 2.52. The van der Waals surface area contributed by atoms with E-state index in [4.69, 9.17) is 17.3 Å². The number of nitrogens with one attached hydrogen (secondary N) is 1. The molecule has 0 heterocycles. The number of hydrogen-bond acceptors (Lipinski definition) is 2. The van der Waals surface area contributed by atoms with Crippen molar-refractivity contribution >= 4 is 28.7 Å². The van der Waals surface area contributed by atoms with Gasteiger partial charge in [0.05, 0.1) is 16.3 Å². The highest BCUT2D eigenvalue weighted by Gasteiger charge is 2.51. The Labute approximate surface area is 173 Å². The lowest BCUT2D eigenvalue weighted by molar-refractivity contribution is -0.137. The molecule has 4 aliphatic rings. The summed E-state index contributed by atoms with van der Waals surface area (Å²) in [4.78, 5) is 0. The Kier molecular flexibility index (Phi) is 4.32. The van der Waals surface area contributed by atoms with Crippen molar-refractivity contribution in [1.82, 2.24) is 0 Å². The highest BCUT2D eigenvalue weighted by Crippen LogP contribution is 2.61. The zero-order valence-corrected chi connectivity index (χ0v) is 16.8. The number of nitrogens with two attached hydrogens (primary N) is 1. The fraction of sp³-hybridized carbons (Fsp3) is 0.478. The molecule has 4 saturated carbocycles. The fourth-order valence-electron chi connectivity index (χ4n) is 6.45. The van der Waals surface area contributed by atoms with Crippen LogP contribution in [0.15, 0.2) is 36.4 Å². The Morgan fingerprint density at radius 1 is 0.931 bits per heavy atom. The van der Waals surface area contributed by atoms with Gasteiger partial charge in [-0.3, -0.25) is 0 Å². The van der Waals surface area contributed by atoms with Crippen LogP contribution in [0.4, 0.5) is 30.2 Å². The van der Waals surface area contributed by atoms with Crippen molar-refractivity contribution in [3.8, 4) is 0 Å². The zero-order chi connectivity index (χ0) is 20.4. The molecule has 0 aliphatic heterocycles. The molecule has 0 saturated heterocycles. The van der Waals surface area contributed by atoms with Crippen LogP contribution < -0.4 is 11.1 Å². The molecule has 0 amide bonds. The van der Waals surface area contributed by atoms with Crippen LogP contribution in [0, 0.1) is 17.8 Å². The van der Waals surface area contributed by atoms with Crippen molar-refractivity contribution in [1.29, 1.82) is 0 Å². The SMILES string of the molecule is Nc1cc(Nc2ccc(C34CC5CC(CC(C5)C3)C4)cc2Cl)cc(C(F)(F)F)c1. The largest absolute Gasteiger partial charge is 0.416 e. The predicted octanol–water partition coefficient (Wildman–Crippen LogP) is 7.15. The molecular formula is C23H24ClF3N2. The van der Waals surface area contributed by atoms with Crippen LogP contribution in [0.25, 0.3) is 0 Å². The van der Waals surface area contributed by atoms with Gasteiger partial charge >= 0.3 is 6.18 Å². The molecule has 0 spiro atoms. The van der Waals surface area contributed by atoms with Gasteiger partial charge in [-0.15, -0.1) is 0 Å². The number of anilines is 3. The molecule has 3 N–H and O–H groups in total. The molecule has 0 aromatic heterocycles. The van der Waals surface area contributed by atoms with Crippen molar-refractivity contribution in [2.45, 2.75) is 50.1 Å². The molecule has 0 atom stereocenters. The summed E-state index contributed by atoms with van der Waals surface area (Å²) in [5, 5.41) is 3.55. The van der Waals surface area contributed by atoms with E-state index in [1.807, 2.05) is 12.1 Å². The van der Waals surface area contributed by atoms with E-state index in [1.165, 1.54) is 50.2 Å². The van der Waals surface area contributed by atoms with Crippen molar-refractivity contribution in [3.05, 3.63) is 52.5 Å². The van der Waals surface area contributed by atoms with Gasteiger partial charge in [0, 0.05) is 11.4 Å². The van der Waals surface area contributed by atoms with Gasteiger partial charge < -0.3 is 11.1 Å². The quantitative estimate of drug-likeness (QED) is 0.517. The van der Waals surface area contributed by atoms with Crippen LogP contribution >= 0.6 is 11.6 Å². The number of hydrogen-bond donors (Lipinski definition) is 2. The second kappa shape index (κ2) is 6.56. The minimum Gasteiger partial charge on any atom is -0.399 e. The van der Waals surface area contributed by atoms with Crippen LogP contribution in [0.5, 0.6) is 0 Å². The molecule has 4 bridgehead atoms. The molecule has 154 valence electrons. The van der Waals surface area contributed by atoms with E-state index < -0.39 is 11.7 Å². The van der Waals surface area contributed by atoms with Crippen molar-refractivity contribution in [2.75, 3.05) is 11.1 Å². The lowest BCUT2D eigenvalue weighted by Crippen LogP contribution is -2.48. The van der Waals surface area contributed by atoms with E-state index >= 15 is 0 Å². The Balaban J connectivity index is 1.42. The number of nitrogen functional groups attached to an aromatic ring is 1. The highest BCUT2D eigenvalue weighted by atomic mass is 35.5. The predicted molar refractivity (Wildman–Crippen MR) is 110 cm³/mol. The first-order valence-corrected chi connectivity index (χ1v) is 10.6. The molecule has 29 heavy (non-hydrogen) atoms. The second-order valence-electron chi connectivity index (χ2n) is 9.36. The smallest absolute Gasteiger partial charge is 0.399 e. The molecule has 2 aromatic rings. The molecule has 6 rings (SSSR count). The number of halogens is 4. The van der Waals surface area contributed by atoms with Gasteiger partial charge in [0.2, 0.25) is 0 Å². The third-order valence-electron chi connectivity index (χ3n) is 7.18. The normalized spacial score (nSPS) is 30.6. The zero-order valence-electron chi connectivity index (χ0n) is 16.0. The van der Waals surface area contributed by atoms with E-state index in [-0.39, 0.29) is 16.8 Å². The van der Waals surface area contributed by atoms with Crippen LogP contribution in [0.2, 0.25) is 5.02 Å². The lowest BCUT2D eigenvalue weighted by Gasteiger charge is -2.57. The minimum atomic E-state index is -4.45. The Bertz CT molecular complexity index is 918. The molecule has 0 unspecified atom stereocenters. The van der Waals surface area contributed by atoms with Gasteiger partial charge in [0.15, 0.2) is 0 Å². The first kappa shape index (κ1) is 19.1. The lowest BCUT2D eigenvalue weighted by atomic mass is 9.48. The molecule has 2 aromatic carbocycles. The number of benzene rings is 2. The molecule has 2 nitrogen and oxygen atoms in total. The summed E-state index contributed by atoms with van der Waals surface area (Å²) < 4.78 is 39.2. The summed E-state index contributed by atoms with van der Waals surface area (Å²) in [7, 11) is 0. The summed E-state index contributed by atoms with van der Waals surface area (Å²) in [6.07, 6.45) is 3.42. The Hall–Kier alpha value is -1.88. The molecule has 4 fully saturated rings. The van der Waals surface area contributed by atoms with Gasteiger partial charge in [-0.1, -0.05) is 17.7 Å². The fourth-order valence-corrected chi connectivity index (χ4v) is 6.68.